The van der Waals surface area contributed by atoms with Crippen LogP contribution in [-0.2, 0) is 17.8 Å². The van der Waals surface area contributed by atoms with Crippen molar-refractivity contribution in [1.29, 1.82) is 0 Å². The second-order valence-electron chi connectivity index (χ2n) is 6.55. The van der Waals surface area contributed by atoms with Crippen molar-refractivity contribution in [2.75, 3.05) is 21.3 Å². The predicted molar refractivity (Wildman–Crippen MR) is 99.8 cm³/mol. The number of methoxy groups -OCH3 is 3. The zero-order valence-electron chi connectivity index (χ0n) is 15.8. The van der Waals surface area contributed by atoms with Crippen LogP contribution in [0.4, 0.5) is 4.39 Å². The summed E-state index contributed by atoms with van der Waals surface area (Å²) < 4.78 is 30.0. The highest BCUT2D eigenvalue weighted by atomic mass is 19.1. The summed E-state index contributed by atoms with van der Waals surface area (Å²) in [4.78, 5) is 14.7. The van der Waals surface area contributed by atoms with E-state index in [1.54, 1.807) is 35.2 Å². The largest absolute Gasteiger partial charge is 0.493 e. The topological polar surface area (TPSA) is 48.0 Å². The molecule has 2 aromatic rings. The van der Waals surface area contributed by atoms with E-state index in [1.165, 1.54) is 27.4 Å². The van der Waals surface area contributed by atoms with Crippen LogP contribution < -0.4 is 14.2 Å². The monoisotopic (exact) mass is 373 g/mol. The van der Waals surface area contributed by atoms with Crippen LogP contribution in [0.3, 0.4) is 0 Å². The molecule has 1 amide bonds. The minimum atomic E-state index is -0.288. The number of hydrogen-bond acceptors (Lipinski definition) is 4. The predicted octanol–water partition coefficient (Wildman–Crippen LogP) is 3.59. The highest BCUT2D eigenvalue weighted by molar-refractivity contribution is 5.80. The van der Waals surface area contributed by atoms with Gasteiger partial charge in [0.1, 0.15) is 5.82 Å². The molecule has 0 radical (unpaired) electrons. The Kier molecular flexibility index (Phi) is 5.84. The summed E-state index contributed by atoms with van der Waals surface area (Å²) in [6.45, 7) is 0.278. The average Bonchev–Trinajstić information content (AvgIpc) is 3.51. The van der Waals surface area contributed by atoms with Gasteiger partial charge in [0.2, 0.25) is 11.7 Å². The summed E-state index contributed by atoms with van der Waals surface area (Å²) >= 11 is 0. The van der Waals surface area contributed by atoms with Crippen LogP contribution in [0, 0.1) is 5.82 Å². The first kappa shape index (κ1) is 19.0. The lowest BCUT2D eigenvalue weighted by Crippen LogP contribution is -2.34. The molecule has 3 rings (SSSR count). The van der Waals surface area contributed by atoms with Crippen molar-refractivity contribution in [2.45, 2.75) is 31.8 Å². The van der Waals surface area contributed by atoms with E-state index in [4.69, 9.17) is 14.2 Å². The molecule has 144 valence electrons. The second-order valence-corrected chi connectivity index (χ2v) is 6.55. The molecular formula is C21H24FNO4. The number of carbonyl (C=O) groups excluding carboxylic acids is 1. The van der Waals surface area contributed by atoms with E-state index in [-0.39, 0.29) is 30.7 Å². The Labute approximate surface area is 158 Å². The Balaban J connectivity index is 1.81. The van der Waals surface area contributed by atoms with Gasteiger partial charge in [-0.25, -0.2) is 4.39 Å². The Bertz CT molecular complexity index is 795. The molecular weight excluding hydrogens is 349 g/mol. The van der Waals surface area contributed by atoms with Crippen molar-refractivity contribution in [3.8, 4) is 17.2 Å². The van der Waals surface area contributed by atoms with Gasteiger partial charge in [-0.2, -0.15) is 0 Å². The van der Waals surface area contributed by atoms with E-state index in [1.807, 2.05) is 0 Å². The van der Waals surface area contributed by atoms with Crippen LogP contribution in [0.1, 0.15) is 24.0 Å². The molecule has 0 unspecified atom stereocenters. The summed E-state index contributed by atoms with van der Waals surface area (Å²) in [5.41, 5.74) is 1.29. The maximum absolute atomic E-state index is 14.0. The molecule has 0 heterocycles. The minimum absolute atomic E-state index is 0.0463. The normalized spacial score (nSPS) is 13.2. The van der Waals surface area contributed by atoms with Crippen LogP contribution in [0.2, 0.25) is 0 Å². The zero-order valence-corrected chi connectivity index (χ0v) is 15.8. The summed E-state index contributed by atoms with van der Waals surface area (Å²) in [5.74, 6) is 1.17. The smallest absolute Gasteiger partial charge is 0.227 e. The Morgan fingerprint density at radius 2 is 1.70 bits per heavy atom. The zero-order chi connectivity index (χ0) is 19.4. The first-order valence-corrected chi connectivity index (χ1v) is 8.89. The number of amides is 1. The van der Waals surface area contributed by atoms with Gasteiger partial charge in [0, 0.05) is 18.2 Å². The highest BCUT2D eigenvalue weighted by Crippen LogP contribution is 2.38. The van der Waals surface area contributed by atoms with Crippen LogP contribution in [0.15, 0.2) is 36.4 Å². The molecule has 5 nitrogen and oxygen atoms in total. The van der Waals surface area contributed by atoms with Gasteiger partial charge < -0.3 is 19.1 Å². The Morgan fingerprint density at radius 1 is 1.07 bits per heavy atom. The molecule has 6 heteroatoms. The van der Waals surface area contributed by atoms with Gasteiger partial charge in [-0.15, -0.1) is 0 Å². The standard InChI is InChI=1S/C21H24FNO4/c1-25-18-10-14(11-19(26-2)21(18)27-3)12-20(24)23(16-8-9-16)13-15-6-4-5-7-17(15)22/h4-7,10-11,16H,8-9,12-13H2,1-3H3. The number of ether oxygens (including phenoxy) is 3. The molecule has 1 saturated carbocycles. The number of rotatable bonds is 8. The third-order valence-electron chi connectivity index (χ3n) is 4.69. The molecule has 0 aromatic heterocycles. The van der Waals surface area contributed by atoms with Crippen molar-refractivity contribution in [2.24, 2.45) is 0 Å². The van der Waals surface area contributed by atoms with E-state index < -0.39 is 0 Å². The van der Waals surface area contributed by atoms with Gasteiger partial charge in [-0.05, 0) is 36.6 Å². The molecule has 1 aliphatic carbocycles. The molecule has 0 spiro atoms. The van der Waals surface area contributed by atoms with E-state index >= 15 is 0 Å². The Hall–Kier alpha value is -2.76. The third kappa shape index (κ3) is 4.32. The van der Waals surface area contributed by atoms with Crippen LogP contribution >= 0.6 is 0 Å². The SMILES string of the molecule is COc1cc(CC(=O)N(Cc2ccccc2F)C2CC2)cc(OC)c1OC. The number of hydrogen-bond donors (Lipinski definition) is 0. The first-order chi connectivity index (χ1) is 13.1. The highest BCUT2D eigenvalue weighted by Gasteiger charge is 2.33. The van der Waals surface area contributed by atoms with Gasteiger partial charge >= 0.3 is 0 Å². The number of benzene rings is 2. The molecule has 0 atom stereocenters. The van der Waals surface area contributed by atoms with Gasteiger partial charge in [0.25, 0.3) is 0 Å². The number of nitrogens with zero attached hydrogens (tertiary/aromatic N) is 1. The van der Waals surface area contributed by atoms with E-state index in [2.05, 4.69) is 0 Å². The fourth-order valence-electron chi connectivity index (χ4n) is 3.13. The molecule has 0 aliphatic heterocycles. The van der Waals surface area contributed by atoms with Crippen molar-refractivity contribution in [1.82, 2.24) is 4.90 Å². The molecule has 2 aromatic carbocycles. The van der Waals surface area contributed by atoms with Crippen LogP contribution in [0.5, 0.6) is 17.2 Å². The van der Waals surface area contributed by atoms with Gasteiger partial charge in [-0.1, -0.05) is 18.2 Å². The van der Waals surface area contributed by atoms with Crippen LogP contribution in [0.25, 0.3) is 0 Å². The van der Waals surface area contributed by atoms with Crippen molar-refractivity contribution >= 4 is 5.91 Å². The molecule has 1 aliphatic rings. The average molecular weight is 373 g/mol. The Morgan fingerprint density at radius 3 is 2.22 bits per heavy atom. The fourth-order valence-corrected chi connectivity index (χ4v) is 3.13. The van der Waals surface area contributed by atoms with E-state index in [0.29, 0.717) is 22.8 Å². The van der Waals surface area contributed by atoms with E-state index in [9.17, 15) is 9.18 Å². The lowest BCUT2D eigenvalue weighted by Gasteiger charge is -2.23. The minimum Gasteiger partial charge on any atom is -0.493 e. The van der Waals surface area contributed by atoms with Gasteiger partial charge in [0.15, 0.2) is 11.5 Å². The maximum atomic E-state index is 14.0. The molecule has 0 bridgehead atoms. The summed E-state index contributed by atoms with van der Waals surface area (Å²) in [7, 11) is 4.61. The fraction of sp³-hybridized carbons (Fsp3) is 0.381. The lowest BCUT2D eigenvalue weighted by atomic mass is 10.1. The molecule has 1 fully saturated rings. The third-order valence-corrected chi connectivity index (χ3v) is 4.69. The first-order valence-electron chi connectivity index (χ1n) is 8.89. The quantitative estimate of drug-likeness (QED) is 0.710. The molecule has 0 N–H and O–H groups in total. The summed E-state index contributed by atoms with van der Waals surface area (Å²) in [6.07, 6.45) is 2.09. The van der Waals surface area contributed by atoms with Crippen molar-refractivity contribution in [3.05, 3.63) is 53.3 Å². The van der Waals surface area contributed by atoms with Gasteiger partial charge in [-0.3, -0.25) is 4.79 Å². The lowest BCUT2D eigenvalue weighted by molar-refractivity contribution is -0.131. The molecule has 0 saturated heterocycles. The van der Waals surface area contributed by atoms with E-state index in [0.717, 1.165) is 18.4 Å². The summed E-state index contributed by atoms with van der Waals surface area (Å²) in [6, 6.07) is 10.3. The number of halogens is 1. The molecule has 27 heavy (non-hydrogen) atoms. The van der Waals surface area contributed by atoms with Crippen LogP contribution in [-0.4, -0.2) is 38.2 Å². The number of carbonyl (C=O) groups is 1. The van der Waals surface area contributed by atoms with Crippen molar-refractivity contribution < 1.29 is 23.4 Å². The summed E-state index contributed by atoms with van der Waals surface area (Å²) in [5, 5.41) is 0. The second kappa shape index (κ2) is 8.29. The van der Waals surface area contributed by atoms with Gasteiger partial charge in [0.05, 0.1) is 27.8 Å². The van der Waals surface area contributed by atoms with Crippen molar-refractivity contribution in [3.63, 3.8) is 0 Å². The maximum Gasteiger partial charge on any atom is 0.227 e.